The van der Waals surface area contributed by atoms with Crippen molar-refractivity contribution in [2.75, 3.05) is 19.7 Å². The number of hydrogen-bond acceptors (Lipinski definition) is 3. The Hall–Kier alpha value is -2.14. The maximum Gasteiger partial charge on any atom is 0.253 e. The number of aryl methyl sites for hydroxylation is 1. The number of likely N-dealkylation sites (tertiary alicyclic amines) is 1. The lowest BCUT2D eigenvalue weighted by Crippen LogP contribution is -2.28. The molecular weight excluding hydrogens is 290 g/mol. The smallest absolute Gasteiger partial charge is 0.253 e. The highest BCUT2D eigenvalue weighted by Crippen LogP contribution is 2.32. The SMILES string of the molecule is Cc1cccc(C(=O)N2CCC(c3n[nH]c4c3COCC4)C2)c1. The molecule has 5 heteroatoms. The van der Waals surface area contributed by atoms with E-state index in [1.807, 2.05) is 36.1 Å². The van der Waals surface area contributed by atoms with Crippen molar-refractivity contribution in [3.8, 4) is 0 Å². The lowest BCUT2D eigenvalue weighted by atomic mass is 9.98. The number of H-pyrrole nitrogens is 1. The van der Waals surface area contributed by atoms with E-state index in [4.69, 9.17) is 4.74 Å². The number of nitrogens with zero attached hydrogens (tertiary/aromatic N) is 2. The summed E-state index contributed by atoms with van der Waals surface area (Å²) < 4.78 is 5.57. The average molecular weight is 311 g/mol. The second-order valence-corrected chi connectivity index (χ2v) is 6.47. The van der Waals surface area contributed by atoms with E-state index in [2.05, 4.69) is 10.2 Å². The average Bonchev–Trinajstić information content (AvgIpc) is 3.20. The molecule has 1 aromatic heterocycles. The van der Waals surface area contributed by atoms with Crippen molar-refractivity contribution in [2.24, 2.45) is 0 Å². The Morgan fingerprint density at radius 1 is 1.43 bits per heavy atom. The van der Waals surface area contributed by atoms with Gasteiger partial charge in [0.1, 0.15) is 0 Å². The van der Waals surface area contributed by atoms with Gasteiger partial charge in [-0.3, -0.25) is 9.89 Å². The minimum absolute atomic E-state index is 0.122. The molecule has 1 aromatic carbocycles. The Kier molecular flexibility index (Phi) is 3.65. The summed E-state index contributed by atoms with van der Waals surface area (Å²) in [4.78, 5) is 14.6. The molecule has 0 bridgehead atoms. The Morgan fingerprint density at radius 2 is 2.35 bits per heavy atom. The quantitative estimate of drug-likeness (QED) is 0.926. The van der Waals surface area contributed by atoms with Crippen molar-refractivity contribution in [2.45, 2.75) is 32.3 Å². The Labute approximate surface area is 135 Å². The van der Waals surface area contributed by atoms with Gasteiger partial charge in [0, 0.05) is 42.2 Å². The van der Waals surface area contributed by atoms with E-state index in [1.54, 1.807) is 0 Å². The van der Waals surface area contributed by atoms with Crippen LogP contribution in [0.5, 0.6) is 0 Å². The molecule has 0 saturated carbocycles. The van der Waals surface area contributed by atoms with Crippen molar-refractivity contribution in [1.82, 2.24) is 15.1 Å². The van der Waals surface area contributed by atoms with E-state index in [9.17, 15) is 4.79 Å². The molecule has 1 amide bonds. The first kappa shape index (κ1) is 14.5. The molecule has 1 saturated heterocycles. The van der Waals surface area contributed by atoms with Crippen LogP contribution in [0.15, 0.2) is 24.3 Å². The van der Waals surface area contributed by atoms with Crippen LogP contribution in [0.2, 0.25) is 0 Å². The predicted octanol–water partition coefficient (Wildman–Crippen LogP) is 2.42. The van der Waals surface area contributed by atoms with Crippen LogP contribution in [-0.2, 0) is 17.8 Å². The summed E-state index contributed by atoms with van der Waals surface area (Å²) in [6.45, 7) is 4.95. The molecule has 3 heterocycles. The zero-order valence-corrected chi connectivity index (χ0v) is 13.3. The summed E-state index contributed by atoms with van der Waals surface area (Å²) in [6.07, 6.45) is 1.87. The molecule has 2 aromatic rings. The highest BCUT2D eigenvalue weighted by Gasteiger charge is 2.32. The monoisotopic (exact) mass is 311 g/mol. The molecule has 1 fully saturated rings. The van der Waals surface area contributed by atoms with E-state index < -0.39 is 0 Å². The maximum atomic E-state index is 12.7. The van der Waals surface area contributed by atoms with E-state index in [0.29, 0.717) is 12.5 Å². The second-order valence-electron chi connectivity index (χ2n) is 6.47. The Bertz CT molecular complexity index is 738. The number of rotatable bonds is 2. The van der Waals surface area contributed by atoms with Crippen LogP contribution < -0.4 is 0 Å². The van der Waals surface area contributed by atoms with Crippen molar-refractivity contribution in [3.63, 3.8) is 0 Å². The highest BCUT2D eigenvalue weighted by molar-refractivity contribution is 5.94. The number of benzene rings is 1. The number of ether oxygens (including phenoxy) is 1. The van der Waals surface area contributed by atoms with Crippen molar-refractivity contribution >= 4 is 5.91 Å². The van der Waals surface area contributed by atoms with Crippen LogP contribution in [0.3, 0.4) is 0 Å². The molecule has 0 aliphatic carbocycles. The van der Waals surface area contributed by atoms with Gasteiger partial charge in [-0.05, 0) is 25.5 Å². The number of aromatic nitrogens is 2. The van der Waals surface area contributed by atoms with Crippen LogP contribution >= 0.6 is 0 Å². The normalized spacial score (nSPS) is 20.6. The summed E-state index contributed by atoms with van der Waals surface area (Å²) in [5.74, 6) is 0.433. The molecule has 2 aliphatic rings. The van der Waals surface area contributed by atoms with Gasteiger partial charge in [0.2, 0.25) is 0 Å². The molecule has 2 aliphatic heterocycles. The van der Waals surface area contributed by atoms with Crippen LogP contribution in [0, 0.1) is 6.92 Å². The van der Waals surface area contributed by atoms with Gasteiger partial charge in [-0.25, -0.2) is 0 Å². The minimum atomic E-state index is 0.122. The van der Waals surface area contributed by atoms with Gasteiger partial charge in [0.25, 0.3) is 5.91 Å². The standard InChI is InChI=1S/C18H21N3O2/c1-12-3-2-4-13(9-12)18(22)21-7-5-14(10-21)17-15-11-23-8-6-16(15)19-20-17/h2-4,9,14H,5-8,10-11H2,1H3,(H,19,20). The molecule has 1 unspecified atom stereocenters. The molecule has 5 nitrogen and oxygen atoms in total. The number of nitrogens with one attached hydrogen (secondary N) is 1. The van der Waals surface area contributed by atoms with E-state index in [0.717, 1.165) is 49.4 Å². The van der Waals surface area contributed by atoms with Gasteiger partial charge in [-0.15, -0.1) is 0 Å². The summed E-state index contributed by atoms with van der Waals surface area (Å²) in [7, 11) is 0. The second kappa shape index (κ2) is 5.81. The first-order chi connectivity index (χ1) is 11.2. The summed E-state index contributed by atoms with van der Waals surface area (Å²) >= 11 is 0. The predicted molar refractivity (Wildman–Crippen MR) is 86.4 cm³/mol. The zero-order valence-electron chi connectivity index (χ0n) is 13.3. The lowest BCUT2D eigenvalue weighted by Gasteiger charge is -2.18. The molecule has 0 spiro atoms. The Morgan fingerprint density at radius 3 is 3.22 bits per heavy atom. The maximum absolute atomic E-state index is 12.7. The van der Waals surface area contributed by atoms with Gasteiger partial charge in [-0.1, -0.05) is 17.7 Å². The number of aromatic amines is 1. The first-order valence-electron chi connectivity index (χ1n) is 8.22. The van der Waals surface area contributed by atoms with Crippen LogP contribution in [0.25, 0.3) is 0 Å². The third-order valence-electron chi connectivity index (χ3n) is 4.85. The lowest BCUT2D eigenvalue weighted by molar-refractivity contribution is 0.0790. The third kappa shape index (κ3) is 2.65. The van der Waals surface area contributed by atoms with E-state index >= 15 is 0 Å². The zero-order chi connectivity index (χ0) is 15.8. The van der Waals surface area contributed by atoms with Crippen LogP contribution in [0.4, 0.5) is 0 Å². The molecule has 1 N–H and O–H groups in total. The third-order valence-corrected chi connectivity index (χ3v) is 4.85. The fourth-order valence-corrected chi connectivity index (χ4v) is 3.60. The van der Waals surface area contributed by atoms with Gasteiger partial charge in [-0.2, -0.15) is 5.10 Å². The van der Waals surface area contributed by atoms with Crippen molar-refractivity contribution in [1.29, 1.82) is 0 Å². The molecule has 0 radical (unpaired) electrons. The number of carbonyl (C=O) groups excluding carboxylic acids is 1. The summed E-state index contributed by atoms with van der Waals surface area (Å²) in [6, 6.07) is 7.81. The number of fused-ring (bicyclic) bond motifs is 1. The number of hydrogen-bond donors (Lipinski definition) is 1. The van der Waals surface area contributed by atoms with Crippen LogP contribution in [-0.4, -0.2) is 40.7 Å². The Balaban J connectivity index is 1.51. The summed E-state index contributed by atoms with van der Waals surface area (Å²) in [5, 5.41) is 7.67. The highest BCUT2D eigenvalue weighted by atomic mass is 16.5. The van der Waals surface area contributed by atoms with Crippen LogP contribution in [0.1, 0.15) is 45.2 Å². The summed E-state index contributed by atoms with van der Waals surface area (Å²) in [5.41, 5.74) is 5.41. The topological polar surface area (TPSA) is 58.2 Å². The van der Waals surface area contributed by atoms with Gasteiger partial charge < -0.3 is 9.64 Å². The van der Waals surface area contributed by atoms with Gasteiger partial charge in [0.05, 0.1) is 18.9 Å². The fourth-order valence-electron chi connectivity index (χ4n) is 3.60. The van der Waals surface area contributed by atoms with Gasteiger partial charge >= 0.3 is 0 Å². The van der Waals surface area contributed by atoms with E-state index in [-0.39, 0.29) is 5.91 Å². The molecule has 120 valence electrons. The molecule has 23 heavy (non-hydrogen) atoms. The van der Waals surface area contributed by atoms with E-state index in [1.165, 1.54) is 11.3 Å². The van der Waals surface area contributed by atoms with Crippen molar-refractivity contribution < 1.29 is 9.53 Å². The molecule has 4 rings (SSSR count). The van der Waals surface area contributed by atoms with Gasteiger partial charge in [0.15, 0.2) is 0 Å². The number of amides is 1. The van der Waals surface area contributed by atoms with Crippen molar-refractivity contribution in [3.05, 3.63) is 52.3 Å². The first-order valence-corrected chi connectivity index (χ1v) is 8.22. The minimum Gasteiger partial charge on any atom is -0.376 e. The largest absolute Gasteiger partial charge is 0.376 e. The fraction of sp³-hybridized carbons (Fsp3) is 0.444. The molecule has 1 atom stereocenters. The number of carbonyl (C=O) groups is 1. The molecular formula is C18H21N3O2.